The molecule has 4 amide bonds. The van der Waals surface area contributed by atoms with Gasteiger partial charge in [0.2, 0.25) is 17.7 Å². The lowest BCUT2D eigenvalue weighted by atomic mass is 9.88. The summed E-state index contributed by atoms with van der Waals surface area (Å²) >= 11 is 1.39. The van der Waals surface area contributed by atoms with Crippen molar-refractivity contribution in [1.82, 2.24) is 21.3 Å². The molecule has 0 radical (unpaired) electrons. The van der Waals surface area contributed by atoms with Crippen LogP contribution in [-0.2, 0) is 30.4 Å². The zero-order valence-corrected chi connectivity index (χ0v) is 30.0. The number of alkyl carbamates (subject to hydrolysis) is 1. The van der Waals surface area contributed by atoms with Gasteiger partial charge in [0.1, 0.15) is 18.2 Å². The lowest BCUT2D eigenvalue weighted by molar-refractivity contribution is -0.133. The Morgan fingerprint density at radius 2 is 1.65 bits per heavy atom. The maximum absolute atomic E-state index is 13.6. The lowest BCUT2D eigenvalue weighted by Crippen LogP contribution is -2.55. The van der Waals surface area contributed by atoms with E-state index in [0.717, 1.165) is 11.1 Å². The lowest BCUT2D eigenvalue weighted by Gasteiger charge is -2.31. The van der Waals surface area contributed by atoms with Crippen molar-refractivity contribution >= 4 is 35.6 Å². The molecule has 0 aromatic heterocycles. The van der Waals surface area contributed by atoms with Gasteiger partial charge in [0.15, 0.2) is 0 Å². The molecule has 0 bridgehead atoms. The fourth-order valence-electron chi connectivity index (χ4n) is 5.17. The molecule has 12 heteroatoms. The summed E-state index contributed by atoms with van der Waals surface area (Å²) in [5.41, 5.74) is 2.07. The van der Waals surface area contributed by atoms with Crippen LogP contribution in [0.25, 0.3) is 0 Å². The number of methoxy groups -OCH3 is 1. The van der Waals surface area contributed by atoms with E-state index in [1.807, 2.05) is 72.1 Å². The van der Waals surface area contributed by atoms with Crippen LogP contribution < -0.4 is 21.3 Å². The molecule has 5 N–H and O–H groups in total. The molecule has 1 aromatic rings. The monoisotopic (exact) mass is 666 g/mol. The fourth-order valence-corrected chi connectivity index (χ4v) is 5.74. The Balaban J connectivity index is 2.99. The highest BCUT2D eigenvalue weighted by atomic mass is 32.2. The summed E-state index contributed by atoms with van der Waals surface area (Å²) in [7, 11) is 1.50. The number of aliphatic hydroxyl groups excluding tert-OH is 1. The number of benzene rings is 1. The molecule has 46 heavy (non-hydrogen) atoms. The van der Waals surface area contributed by atoms with Gasteiger partial charge in [-0.05, 0) is 56.8 Å². The van der Waals surface area contributed by atoms with Crippen molar-refractivity contribution in [3.05, 3.63) is 35.4 Å². The van der Waals surface area contributed by atoms with E-state index in [2.05, 4.69) is 21.3 Å². The summed E-state index contributed by atoms with van der Waals surface area (Å²) in [5.74, 6) is -1.33. The maximum Gasteiger partial charge on any atom is 0.408 e. The van der Waals surface area contributed by atoms with Gasteiger partial charge in [0.25, 0.3) is 0 Å². The smallest absolute Gasteiger partial charge is 0.408 e. The zero-order valence-electron chi connectivity index (χ0n) is 29.2. The second-order valence-corrected chi connectivity index (χ2v) is 13.7. The fraction of sp³-hybridized carbons (Fsp3) is 0.706. The Kier molecular flexibility index (Phi) is 19.6. The molecular formula is C34H58N4O7S. The molecule has 0 aliphatic rings. The van der Waals surface area contributed by atoms with Gasteiger partial charge in [-0.3, -0.25) is 14.4 Å². The van der Waals surface area contributed by atoms with Crippen LogP contribution >= 0.6 is 11.8 Å². The minimum absolute atomic E-state index is 0.101. The molecule has 0 fully saturated rings. The van der Waals surface area contributed by atoms with E-state index >= 15 is 0 Å². The van der Waals surface area contributed by atoms with Crippen LogP contribution in [0.1, 0.15) is 78.4 Å². The minimum atomic E-state index is -1.04. The van der Waals surface area contributed by atoms with E-state index < -0.39 is 48.3 Å². The number of ether oxygens (including phenoxy) is 2. The van der Waals surface area contributed by atoms with E-state index in [4.69, 9.17) is 9.47 Å². The number of thioether (sulfide) groups is 1. The zero-order chi connectivity index (χ0) is 34.8. The summed E-state index contributed by atoms with van der Waals surface area (Å²) in [6, 6.07) is 5.57. The Morgan fingerprint density at radius 1 is 0.957 bits per heavy atom. The number of aliphatic hydroxyl groups is 1. The highest BCUT2D eigenvalue weighted by Crippen LogP contribution is 2.20. The third-order valence-electron chi connectivity index (χ3n) is 7.50. The molecule has 0 aliphatic carbocycles. The van der Waals surface area contributed by atoms with Crippen LogP contribution in [0.3, 0.4) is 0 Å². The Bertz CT molecular complexity index is 1090. The number of amides is 4. The first-order chi connectivity index (χ1) is 21.7. The molecule has 6 atom stereocenters. The number of nitrogens with one attached hydrogen (secondary N) is 4. The van der Waals surface area contributed by atoms with Gasteiger partial charge in [-0.1, -0.05) is 70.9 Å². The van der Waals surface area contributed by atoms with Gasteiger partial charge in [-0.25, -0.2) is 4.79 Å². The summed E-state index contributed by atoms with van der Waals surface area (Å²) < 4.78 is 10.3. The predicted molar refractivity (Wildman–Crippen MR) is 183 cm³/mol. The van der Waals surface area contributed by atoms with Crippen LogP contribution in [0.15, 0.2) is 24.3 Å². The van der Waals surface area contributed by atoms with Gasteiger partial charge >= 0.3 is 6.09 Å². The highest BCUT2D eigenvalue weighted by Gasteiger charge is 2.33. The third-order valence-corrected chi connectivity index (χ3v) is 8.17. The summed E-state index contributed by atoms with van der Waals surface area (Å²) in [6.07, 6.45) is 1.32. The molecule has 0 saturated carbocycles. The molecule has 1 aromatic carbocycles. The Hall–Kier alpha value is -2.83. The molecule has 0 aliphatic heterocycles. The molecule has 1 rings (SSSR count). The number of carbonyl (C=O) groups is 4. The van der Waals surface area contributed by atoms with Crippen molar-refractivity contribution in [2.24, 2.45) is 17.8 Å². The Labute approximate surface area is 280 Å². The van der Waals surface area contributed by atoms with Crippen LogP contribution in [-0.4, -0.2) is 85.0 Å². The van der Waals surface area contributed by atoms with Crippen molar-refractivity contribution in [3.8, 4) is 0 Å². The third kappa shape index (κ3) is 15.6. The first kappa shape index (κ1) is 41.2. The quantitative estimate of drug-likeness (QED) is 0.132. The first-order valence-corrected chi connectivity index (χ1v) is 17.7. The number of aryl methyl sites for hydroxylation is 1. The van der Waals surface area contributed by atoms with E-state index in [1.54, 1.807) is 6.92 Å². The van der Waals surface area contributed by atoms with E-state index in [1.165, 1.54) is 18.9 Å². The van der Waals surface area contributed by atoms with Crippen LogP contribution in [0, 0.1) is 24.7 Å². The SMILES string of the molecule is CCC[C@H](C[C@H](O)[C@H](CC(C)C)NC(=O)[C@H](CSC)NC(=O)O[C@@H](C)COC)C(=O)N[C@H](C(=O)NCc1cccc(C)c1)C(C)C. The summed E-state index contributed by atoms with van der Waals surface area (Å²) in [6.45, 7) is 13.9. The first-order valence-electron chi connectivity index (χ1n) is 16.3. The van der Waals surface area contributed by atoms with Crippen LogP contribution in [0.2, 0.25) is 0 Å². The molecular weight excluding hydrogens is 608 g/mol. The minimum Gasteiger partial charge on any atom is -0.444 e. The molecule has 0 saturated heterocycles. The number of hydrogen-bond acceptors (Lipinski definition) is 8. The van der Waals surface area contributed by atoms with Crippen molar-refractivity contribution < 1.29 is 33.8 Å². The van der Waals surface area contributed by atoms with Gasteiger partial charge in [-0.15, -0.1) is 0 Å². The van der Waals surface area contributed by atoms with E-state index in [9.17, 15) is 24.3 Å². The highest BCUT2D eigenvalue weighted by molar-refractivity contribution is 7.98. The molecule has 0 spiro atoms. The molecule has 262 valence electrons. The predicted octanol–water partition coefficient (Wildman–Crippen LogP) is 3.94. The van der Waals surface area contributed by atoms with Gasteiger partial charge in [-0.2, -0.15) is 11.8 Å². The van der Waals surface area contributed by atoms with Crippen LogP contribution in [0.4, 0.5) is 4.79 Å². The van der Waals surface area contributed by atoms with E-state index in [0.29, 0.717) is 31.6 Å². The van der Waals surface area contributed by atoms with Gasteiger partial charge in [0.05, 0.1) is 18.8 Å². The van der Waals surface area contributed by atoms with Crippen molar-refractivity contribution in [2.75, 3.05) is 25.7 Å². The van der Waals surface area contributed by atoms with Gasteiger partial charge in [0, 0.05) is 25.3 Å². The Morgan fingerprint density at radius 3 is 2.22 bits per heavy atom. The van der Waals surface area contributed by atoms with Crippen LogP contribution in [0.5, 0.6) is 0 Å². The normalized spacial score (nSPS) is 15.3. The molecule has 0 unspecified atom stereocenters. The number of carbonyl (C=O) groups excluding carboxylic acids is 4. The molecule has 11 nitrogen and oxygen atoms in total. The topological polar surface area (TPSA) is 155 Å². The number of hydrogen-bond donors (Lipinski definition) is 5. The van der Waals surface area contributed by atoms with Crippen molar-refractivity contribution in [1.29, 1.82) is 0 Å². The van der Waals surface area contributed by atoms with Crippen molar-refractivity contribution in [3.63, 3.8) is 0 Å². The van der Waals surface area contributed by atoms with Crippen molar-refractivity contribution in [2.45, 2.75) is 111 Å². The second kappa shape index (κ2) is 21.9. The summed E-state index contributed by atoms with van der Waals surface area (Å²) in [5, 5.41) is 22.8. The van der Waals surface area contributed by atoms with Gasteiger partial charge < -0.3 is 35.8 Å². The maximum atomic E-state index is 13.6. The second-order valence-electron chi connectivity index (χ2n) is 12.8. The average Bonchev–Trinajstić information content (AvgIpc) is 2.97. The average molecular weight is 667 g/mol. The van der Waals surface area contributed by atoms with E-state index in [-0.39, 0.29) is 36.7 Å². The summed E-state index contributed by atoms with van der Waals surface area (Å²) in [4.78, 5) is 52.5. The standard InChI is InChI=1S/C34H58N4O7S/c1-10-12-26(31(40)38-30(22(4)5)33(42)35-18-25-14-11-13-23(6)16-25)17-29(39)27(15-21(2)3)36-32(41)28(20-46-9)37-34(43)45-24(7)19-44-8/h11,13-14,16,21-22,24,26-30,39H,10,12,15,17-20H2,1-9H3,(H,35,42)(H,36,41)(H,37,43)(H,38,40)/t24-,26+,27-,28-,29-,30-/m0/s1. The number of rotatable bonds is 21. The largest absolute Gasteiger partial charge is 0.444 e. The molecule has 0 heterocycles.